The van der Waals surface area contributed by atoms with Gasteiger partial charge in [-0.25, -0.2) is 0 Å². The fourth-order valence-corrected chi connectivity index (χ4v) is 3.41. The number of non-ortho nitro benzene ring substituents is 1. The maximum Gasteiger partial charge on any atom is 0.273 e. The van der Waals surface area contributed by atoms with Crippen LogP contribution in [-0.2, 0) is 13.1 Å². The molecule has 3 aromatic rings. The molecule has 27 heavy (non-hydrogen) atoms. The third-order valence-electron chi connectivity index (χ3n) is 3.86. The van der Waals surface area contributed by atoms with Crippen LogP contribution in [0.1, 0.15) is 10.6 Å². The Morgan fingerprint density at radius 2 is 2.11 bits per heavy atom. The number of rotatable bonds is 10. The van der Waals surface area contributed by atoms with E-state index in [0.717, 1.165) is 5.76 Å². The Hall–Kier alpha value is -2.68. The predicted octanol–water partition coefficient (Wildman–Crippen LogP) is 3.69. The van der Waals surface area contributed by atoms with Crippen molar-refractivity contribution in [1.29, 1.82) is 0 Å². The van der Waals surface area contributed by atoms with Crippen molar-refractivity contribution in [2.45, 2.75) is 19.2 Å². The first kappa shape index (κ1) is 19.1. The Labute approximate surface area is 160 Å². The van der Waals surface area contributed by atoms with Gasteiger partial charge in [0.1, 0.15) is 24.2 Å². The molecule has 2 aromatic heterocycles. The van der Waals surface area contributed by atoms with Gasteiger partial charge in [-0.2, -0.15) is 0 Å². The number of nitro benzene ring substituents is 1. The van der Waals surface area contributed by atoms with Gasteiger partial charge in [0.05, 0.1) is 23.8 Å². The van der Waals surface area contributed by atoms with Crippen molar-refractivity contribution >= 4 is 17.0 Å². The van der Waals surface area contributed by atoms with Crippen LogP contribution in [-0.4, -0.2) is 34.2 Å². The molecule has 0 radical (unpaired) electrons. The summed E-state index contributed by atoms with van der Waals surface area (Å²) in [4.78, 5) is 13.6. The minimum atomic E-state index is -0.751. The summed E-state index contributed by atoms with van der Waals surface area (Å²) < 4.78 is 10.9. The SMILES string of the molecule is O=[N+]([O-])c1cccc(OCC(O)CN(Cc2ccco2)Cc2cccs2)c1. The highest BCUT2D eigenvalue weighted by atomic mass is 32.1. The second-order valence-corrected chi connectivity index (χ2v) is 7.08. The van der Waals surface area contributed by atoms with Crippen LogP contribution in [0, 0.1) is 10.1 Å². The lowest BCUT2D eigenvalue weighted by Gasteiger charge is -2.23. The summed E-state index contributed by atoms with van der Waals surface area (Å²) in [5, 5.41) is 23.2. The van der Waals surface area contributed by atoms with Crippen LogP contribution >= 0.6 is 11.3 Å². The molecule has 1 unspecified atom stereocenters. The van der Waals surface area contributed by atoms with Crippen LogP contribution in [0.5, 0.6) is 5.75 Å². The number of furan rings is 1. The molecule has 1 aromatic carbocycles. The van der Waals surface area contributed by atoms with Crippen LogP contribution in [0.3, 0.4) is 0 Å². The summed E-state index contributed by atoms with van der Waals surface area (Å²) in [6.07, 6.45) is 0.875. The Bertz CT molecular complexity index is 799. The lowest BCUT2D eigenvalue weighted by atomic mass is 10.3. The highest BCUT2D eigenvalue weighted by molar-refractivity contribution is 7.09. The maximum atomic E-state index is 10.8. The van der Waals surface area contributed by atoms with E-state index >= 15 is 0 Å². The average molecular weight is 388 g/mol. The number of ether oxygens (including phenoxy) is 1. The van der Waals surface area contributed by atoms with Gasteiger partial charge >= 0.3 is 0 Å². The molecule has 0 amide bonds. The van der Waals surface area contributed by atoms with Crippen molar-refractivity contribution in [1.82, 2.24) is 4.90 Å². The normalized spacial score (nSPS) is 12.2. The zero-order chi connectivity index (χ0) is 19.1. The van der Waals surface area contributed by atoms with E-state index in [1.54, 1.807) is 29.7 Å². The molecular formula is C19H20N2O5S. The van der Waals surface area contributed by atoms with E-state index in [-0.39, 0.29) is 12.3 Å². The van der Waals surface area contributed by atoms with Crippen molar-refractivity contribution in [3.8, 4) is 5.75 Å². The van der Waals surface area contributed by atoms with Gasteiger partial charge in [-0.3, -0.25) is 15.0 Å². The molecule has 7 nitrogen and oxygen atoms in total. The molecule has 0 saturated heterocycles. The van der Waals surface area contributed by atoms with Crippen molar-refractivity contribution in [2.75, 3.05) is 13.2 Å². The van der Waals surface area contributed by atoms with Crippen LogP contribution in [0.15, 0.2) is 64.6 Å². The smallest absolute Gasteiger partial charge is 0.273 e. The van der Waals surface area contributed by atoms with E-state index in [1.165, 1.54) is 17.0 Å². The zero-order valence-electron chi connectivity index (χ0n) is 14.6. The van der Waals surface area contributed by atoms with Crippen molar-refractivity contribution in [3.05, 3.63) is 80.9 Å². The molecule has 0 saturated carbocycles. The van der Waals surface area contributed by atoms with Gasteiger partial charge in [0.15, 0.2) is 0 Å². The zero-order valence-corrected chi connectivity index (χ0v) is 15.4. The van der Waals surface area contributed by atoms with Crippen LogP contribution in [0.25, 0.3) is 0 Å². The molecule has 0 bridgehead atoms. The third-order valence-corrected chi connectivity index (χ3v) is 4.72. The molecule has 142 valence electrons. The fourth-order valence-electron chi connectivity index (χ4n) is 2.66. The molecule has 1 N–H and O–H groups in total. The molecule has 2 heterocycles. The Morgan fingerprint density at radius 1 is 1.22 bits per heavy atom. The second-order valence-electron chi connectivity index (χ2n) is 6.05. The lowest BCUT2D eigenvalue weighted by molar-refractivity contribution is -0.384. The Balaban J connectivity index is 1.57. The highest BCUT2D eigenvalue weighted by Gasteiger charge is 2.16. The second kappa shape index (κ2) is 9.31. The number of benzene rings is 1. The summed E-state index contributed by atoms with van der Waals surface area (Å²) >= 11 is 1.66. The Kier molecular flexibility index (Phi) is 6.59. The summed E-state index contributed by atoms with van der Waals surface area (Å²) in [5.74, 6) is 1.18. The quantitative estimate of drug-likeness (QED) is 0.421. The largest absolute Gasteiger partial charge is 0.491 e. The summed E-state index contributed by atoms with van der Waals surface area (Å²) in [7, 11) is 0. The van der Waals surface area contributed by atoms with E-state index in [0.29, 0.717) is 25.4 Å². The first-order valence-corrected chi connectivity index (χ1v) is 9.30. The predicted molar refractivity (Wildman–Crippen MR) is 102 cm³/mol. The van der Waals surface area contributed by atoms with E-state index in [9.17, 15) is 15.2 Å². The minimum absolute atomic E-state index is 0.0419. The number of thiophene rings is 1. The molecule has 3 rings (SSSR count). The van der Waals surface area contributed by atoms with Gasteiger partial charge in [0.25, 0.3) is 5.69 Å². The topological polar surface area (TPSA) is 89.0 Å². The lowest BCUT2D eigenvalue weighted by Crippen LogP contribution is -2.34. The maximum absolute atomic E-state index is 10.8. The van der Waals surface area contributed by atoms with Crippen molar-refractivity contribution < 1.29 is 19.2 Å². The number of nitrogens with zero attached hydrogens (tertiary/aromatic N) is 2. The van der Waals surface area contributed by atoms with E-state index in [1.807, 2.05) is 29.6 Å². The van der Waals surface area contributed by atoms with E-state index in [2.05, 4.69) is 4.90 Å². The highest BCUT2D eigenvalue weighted by Crippen LogP contribution is 2.20. The molecule has 0 spiro atoms. The number of hydrogen-bond acceptors (Lipinski definition) is 7. The summed E-state index contributed by atoms with van der Waals surface area (Å²) in [5.41, 5.74) is -0.0425. The number of hydrogen-bond donors (Lipinski definition) is 1. The van der Waals surface area contributed by atoms with Crippen LogP contribution < -0.4 is 4.74 Å². The van der Waals surface area contributed by atoms with Crippen molar-refractivity contribution in [3.63, 3.8) is 0 Å². The third kappa shape index (κ3) is 5.92. The molecule has 1 atom stereocenters. The van der Waals surface area contributed by atoms with Gasteiger partial charge in [-0.1, -0.05) is 12.1 Å². The average Bonchev–Trinajstić information content (AvgIpc) is 3.34. The Morgan fingerprint density at radius 3 is 2.81 bits per heavy atom. The molecule has 8 heteroatoms. The molecule has 0 aliphatic carbocycles. The monoisotopic (exact) mass is 388 g/mol. The van der Waals surface area contributed by atoms with Gasteiger partial charge in [0.2, 0.25) is 0 Å². The first-order chi connectivity index (χ1) is 13.1. The van der Waals surface area contributed by atoms with Crippen molar-refractivity contribution in [2.24, 2.45) is 0 Å². The summed E-state index contributed by atoms with van der Waals surface area (Å²) in [6.45, 7) is 1.68. The molecular weight excluding hydrogens is 368 g/mol. The fraction of sp³-hybridized carbons (Fsp3) is 0.263. The number of nitro groups is 1. The van der Waals surface area contributed by atoms with E-state index < -0.39 is 11.0 Å². The minimum Gasteiger partial charge on any atom is -0.491 e. The summed E-state index contributed by atoms with van der Waals surface area (Å²) in [6, 6.07) is 13.7. The van der Waals surface area contributed by atoms with Gasteiger partial charge in [-0.15, -0.1) is 11.3 Å². The standard InChI is InChI=1S/C19H20N2O5S/c22-16(14-26-17-5-1-4-15(10-17)21(23)24)11-20(12-18-6-2-8-25-18)13-19-7-3-9-27-19/h1-10,16,22H,11-14H2. The van der Waals surface area contributed by atoms with Crippen LogP contribution in [0.2, 0.25) is 0 Å². The van der Waals surface area contributed by atoms with Gasteiger partial charge < -0.3 is 14.3 Å². The number of aliphatic hydroxyl groups excluding tert-OH is 1. The van der Waals surface area contributed by atoms with Crippen LogP contribution in [0.4, 0.5) is 5.69 Å². The molecule has 0 aliphatic rings. The molecule has 0 fully saturated rings. The molecule has 0 aliphatic heterocycles. The van der Waals surface area contributed by atoms with Gasteiger partial charge in [0, 0.05) is 24.0 Å². The number of aliphatic hydroxyl groups is 1. The first-order valence-electron chi connectivity index (χ1n) is 8.42. The van der Waals surface area contributed by atoms with Gasteiger partial charge in [-0.05, 0) is 29.6 Å². The van der Waals surface area contributed by atoms with E-state index in [4.69, 9.17) is 9.15 Å².